The smallest absolute Gasteiger partial charge is 0.255 e. The molecular formula is C25H22FN3O2. The molecule has 4 rings (SSSR count). The minimum Gasteiger partial charge on any atom is -0.488 e. The molecule has 1 heterocycles. The lowest BCUT2D eigenvalue weighted by Gasteiger charge is -2.17. The van der Waals surface area contributed by atoms with Crippen molar-refractivity contribution in [3.8, 4) is 11.4 Å². The highest BCUT2D eigenvalue weighted by atomic mass is 19.1. The third kappa shape index (κ3) is 4.98. The zero-order chi connectivity index (χ0) is 21.6. The van der Waals surface area contributed by atoms with Crippen LogP contribution in [0.3, 0.4) is 0 Å². The van der Waals surface area contributed by atoms with Crippen LogP contribution in [-0.4, -0.2) is 15.5 Å². The maximum atomic E-state index is 13.1. The van der Waals surface area contributed by atoms with E-state index in [0.29, 0.717) is 11.3 Å². The number of hydrogen-bond donors (Lipinski definition) is 1. The Morgan fingerprint density at radius 2 is 1.81 bits per heavy atom. The van der Waals surface area contributed by atoms with Gasteiger partial charge in [0, 0.05) is 18.1 Å². The predicted molar refractivity (Wildman–Crippen MR) is 117 cm³/mol. The van der Waals surface area contributed by atoms with Crippen molar-refractivity contribution in [3.05, 3.63) is 114 Å². The average molecular weight is 415 g/mol. The molecule has 1 aromatic heterocycles. The maximum absolute atomic E-state index is 13.1. The number of hydrogen-bond acceptors (Lipinski definition) is 3. The molecule has 1 atom stereocenters. The monoisotopic (exact) mass is 415 g/mol. The lowest BCUT2D eigenvalue weighted by Crippen LogP contribution is -2.27. The predicted octanol–water partition coefficient (Wildman–Crippen LogP) is 5.08. The zero-order valence-electron chi connectivity index (χ0n) is 17.0. The average Bonchev–Trinajstić information content (AvgIpc) is 3.34. The van der Waals surface area contributed by atoms with Crippen LogP contribution in [-0.2, 0) is 6.61 Å². The van der Waals surface area contributed by atoms with E-state index < -0.39 is 0 Å². The SMILES string of the molecule is CC(NC(=O)c1ccccc1OCc1ccc(F)cc1)c1ccc(-n2ccnc2)cc1. The van der Waals surface area contributed by atoms with Crippen molar-refractivity contribution >= 4 is 5.91 Å². The highest BCUT2D eigenvalue weighted by Gasteiger charge is 2.16. The molecule has 0 bridgehead atoms. The summed E-state index contributed by atoms with van der Waals surface area (Å²) in [4.78, 5) is 17.0. The second-order valence-electron chi connectivity index (χ2n) is 7.17. The molecule has 0 aliphatic rings. The number of carbonyl (C=O) groups excluding carboxylic acids is 1. The standard InChI is InChI=1S/C25H22FN3O2/c1-18(20-8-12-22(13-9-20)29-15-14-27-17-29)28-25(30)23-4-2-3-5-24(23)31-16-19-6-10-21(26)11-7-19/h2-15,17-18H,16H2,1H3,(H,28,30). The molecule has 0 saturated heterocycles. The van der Waals surface area contributed by atoms with Gasteiger partial charge in [-0.2, -0.15) is 0 Å². The van der Waals surface area contributed by atoms with E-state index in [1.165, 1.54) is 12.1 Å². The van der Waals surface area contributed by atoms with Gasteiger partial charge < -0.3 is 14.6 Å². The Hall–Kier alpha value is -3.93. The fourth-order valence-electron chi connectivity index (χ4n) is 3.23. The van der Waals surface area contributed by atoms with E-state index >= 15 is 0 Å². The molecule has 31 heavy (non-hydrogen) atoms. The van der Waals surface area contributed by atoms with Gasteiger partial charge >= 0.3 is 0 Å². The number of amides is 1. The number of carbonyl (C=O) groups is 1. The second kappa shape index (κ2) is 9.26. The van der Waals surface area contributed by atoms with Crippen LogP contribution in [0.5, 0.6) is 5.75 Å². The molecule has 0 fully saturated rings. The number of aromatic nitrogens is 2. The van der Waals surface area contributed by atoms with E-state index in [4.69, 9.17) is 4.74 Å². The van der Waals surface area contributed by atoms with Crippen LogP contribution >= 0.6 is 0 Å². The van der Waals surface area contributed by atoms with Crippen LogP contribution in [0.1, 0.15) is 34.5 Å². The molecular weight excluding hydrogens is 393 g/mol. The van der Waals surface area contributed by atoms with E-state index in [1.807, 2.05) is 48.0 Å². The third-order valence-corrected chi connectivity index (χ3v) is 4.98. The van der Waals surface area contributed by atoms with Gasteiger partial charge in [0.15, 0.2) is 0 Å². The molecule has 0 saturated carbocycles. The Bertz CT molecular complexity index is 1140. The Labute approximate surface area is 180 Å². The molecule has 1 amide bonds. The van der Waals surface area contributed by atoms with Gasteiger partial charge in [-0.1, -0.05) is 36.4 Å². The Morgan fingerprint density at radius 3 is 2.52 bits per heavy atom. The van der Waals surface area contributed by atoms with Gasteiger partial charge in [0.1, 0.15) is 18.2 Å². The van der Waals surface area contributed by atoms with Gasteiger partial charge in [0.2, 0.25) is 0 Å². The number of halogens is 1. The summed E-state index contributed by atoms with van der Waals surface area (Å²) >= 11 is 0. The first-order chi connectivity index (χ1) is 15.1. The topological polar surface area (TPSA) is 56.1 Å². The van der Waals surface area contributed by atoms with Crippen molar-refractivity contribution in [2.45, 2.75) is 19.6 Å². The van der Waals surface area contributed by atoms with Crippen molar-refractivity contribution in [1.82, 2.24) is 14.9 Å². The molecule has 4 aromatic rings. The lowest BCUT2D eigenvalue weighted by molar-refractivity contribution is 0.0935. The Morgan fingerprint density at radius 1 is 1.06 bits per heavy atom. The lowest BCUT2D eigenvalue weighted by atomic mass is 10.1. The fourth-order valence-corrected chi connectivity index (χ4v) is 3.23. The highest BCUT2D eigenvalue weighted by molar-refractivity contribution is 5.97. The van der Waals surface area contributed by atoms with Gasteiger partial charge in [-0.25, -0.2) is 9.37 Å². The first-order valence-electron chi connectivity index (χ1n) is 9.95. The van der Waals surface area contributed by atoms with Gasteiger partial charge in [0.05, 0.1) is 17.9 Å². The number of imidazole rings is 1. The fraction of sp³-hybridized carbons (Fsp3) is 0.120. The number of nitrogens with zero attached hydrogens (tertiary/aromatic N) is 2. The second-order valence-corrected chi connectivity index (χ2v) is 7.17. The van der Waals surface area contributed by atoms with E-state index in [1.54, 1.807) is 42.9 Å². The Kier molecular flexibility index (Phi) is 6.08. The van der Waals surface area contributed by atoms with Crippen molar-refractivity contribution < 1.29 is 13.9 Å². The van der Waals surface area contributed by atoms with E-state index in [0.717, 1.165) is 16.8 Å². The minimum atomic E-state index is -0.296. The van der Waals surface area contributed by atoms with Crippen molar-refractivity contribution in [2.24, 2.45) is 0 Å². The number of ether oxygens (including phenoxy) is 1. The summed E-state index contributed by atoms with van der Waals surface area (Å²) in [5.41, 5.74) is 3.26. The maximum Gasteiger partial charge on any atom is 0.255 e. The molecule has 0 aliphatic heterocycles. The molecule has 1 N–H and O–H groups in total. The molecule has 0 radical (unpaired) electrons. The third-order valence-electron chi connectivity index (χ3n) is 4.98. The van der Waals surface area contributed by atoms with Crippen LogP contribution in [0.4, 0.5) is 4.39 Å². The summed E-state index contributed by atoms with van der Waals surface area (Å²) in [5.74, 6) is -0.0385. The van der Waals surface area contributed by atoms with Crippen molar-refractivity contribution in [2.75, 3.05) is 0 Å². The quantitative estimate of drug-likeness (QED) is 0.458. The number of benzene rings is 3. The van der Waals surface area contributed by atoms with Gasteiger partial charge in [0.25, 0.3) is 5.91 Å². The molecule has 5 nitrogen and oxygen atoms in total. The van der Waals surface area contributed by atoms with Crippen LogP contribution < -0.4 is 10.1 Å². The van der Waals surface area contributed by atoms with Gasteiger partial charge in [-0.3, -0.25) is 4.79 Å². The number of nitrogens with one attached hydrogen (secondary N) is 1. The summed E-state index contributed by atoms with van der Waals surface area (Å²) in [7, 11) is 0. The van der Waals surface area contributed by atoms with Crippen LogP contribution in [0.15, 0.2) is 91.5 Å². The van der Waals surface area contributed by atoms with E-state index in [-0.39, 0.29) is 24.4 Å². The summed E-state index contributed by atoms with van der Waals surface area (Å²) in [5, 5.41) is 3.03. The van der Waals surface area contributed by atoms with Crippen LogP contribution in [0.25, 0.3) is 5.69 Å². The highest BCUT2D eigenvalue weighted by Crippen LogP contribution is 2.22. The summed E-state index contributed by atoms with van der Waals surface area (Å²) in [6.45, 7) is 2.18. The summed E-state index contributed by atoms with van der Waals surface area (Å²) in [6.07, 6.45) is 5.35. The molecule has 1 unspecified atom stereocenters. The van der Waals surface area contributed by atoms with Gasteiger partial charge in [-0.15, -0.1) is 0 Å². The van der Waals surface area contributed by atoms with Crippen LogP contribution in [0.2, 0.25) is 0 Å². The van der Waals surface area contributed by atoms with E-state index in [9.17, 15) is 9.18 Å². The zero-order valence-corrected chi connectivity index (χ0v) is 17.0. The number of rotatable bonds is 7. The minimum absolute atomic E-state index is 0.186. The van der Waals surface area contributed by atoms with Crippen molar-refractivity contribution in [1.29, 1.82) is 0 Å². The Balaban J connectivity index is 1.42. The van der Waals surface area contributed by atoms with Crippen LogP contribution in [0, 0.1) is 5.82 Å². The first-order valence-corrected chi connectivity index (χ1v) is 9.95. The summed E-state index contributed by atoms with van der Waals surface area (Å²) < 4.78 is 20.8. The normalized spacial score (nSPS) is 11.7. The number of para-hydroxylation sites is 1. The molecule has 3 aromatic carbocycles. The largest absolute Gasteiger partial charge is 0.488 e. The van der Waals surface area contributed by atoms with Crippen molar-refractivity contribution in [3.63, 3.8) is 0 Å². The van der Waals surface area contributed by atoms with Gasteiger partial charge in [-0.05, 0) is 54.4 Å². The summed E-state index contributed by atoms with van der Waals surface area (Å²) in [6, 6.07) is 20.9. The molecule has 0 aliphatic carbocycles. The first kappa shape index (κ1) is 20.3. The molecule has 0 spiro atoms. The molecule has 156 valence electrons. The van der Waals surface area contributed by atoms with E-state index in [2.05, 4.69) is 10.3 Å². The molecule has 6 heteroatoms.